The summed E-state index contributed by atoms with van der Waals surface area (Å²) in [5.74, 6) is -0.303. The quantitative estimate of drug-likeness (QED) is 0.394. The second-order valence-electron chi connectivity index (χ2n) is 5.51. The van der Waals surface area contributed by atoms with Crippen LogP contribution in [0, 0.1) is 11.6 Å². The van der Waals surface area contributed by atoms with Gasteiger partial charge in [0.15, 0.2) is 5.96 Å². The highest BCUT2D eigenvalue weighted by Crippen LogP contribution is 2.32. The summed E-state index contributed by atoms with van der Waals surface area (Å²) in [6.07, 6.45) is 4.07. The SMILES string of the molecule is CN=C(NCc1cc(F)ccc1F)NCC1(SC)CCOCC1.I. The number of benzene rings is 1. The zero-order chi connectivity index (χ0) is 16.7. The molecule has 0 bridgehead atoms. The third kappa shape index (κ3) is 6.03. The summed E-state index contributed by atoms with van der Waals surface area (Å²) < 4.78 is 32.4. The van der Waals surface area contributed by atoms with Crippen LogP contribution in [0.4, 0.5) is 8.78 Å². The third-order valence-electron chi connectivity index (χ3n) is 4.09. The Labute approximate surface area is 163 Å². The minimum Gasteiger partial charge on any atom is -0.381 e. The van der Waals surface area contributed by atoms with Gasteiger partial charge >= 0.3 is 0 Å². The van der Waals surface area contributed by atoms with E-state index in [2.05, 4.69) is 21.9 Å². The zero-order valence-electron chi connectivity index (χ0n) is 13.9. The van der Waals surface area contributed by atoms with Gasteiger partial charge in [-0.3, -0.25) is 4.99 Å². The summed E-state index contributed by atoms with van der Waals surface area (Å²) in [6.45, 7) is 2.47. The summed E-state index contributed by atoms with van der Waals surface area (Å²) >= 11 is 1.83. The van der Waals surface area contributed by atoms with Crippen molar-refractivity contribution in [1.82, 2.24) is 10.6 Å². The predicted octanol–water partition coefficient (Wildman–Crippen LogP) is 3.16. The number of rotatable bonds is 5. The number of guanidine groups is 1. The molecule has 136 valence electrons. The molecule has 2 rings (SSSR count). The van der Waals surface area contributed by atoms with E-state index in [-0.39, 0.29) is 40.8 Å². The minimum atomic E-state index is -0.449. The minimum absolute atomic E-state index is 0. The number of ether oxygens (including phenoxy) is 1. The second kappa shape index (κ2) is 10.4. The molecule has 0 unspecified atom stereocenters. The number of nitrogens with one attached hydrogen (secondary N) is 2. The van der Waals surface area contributed by atoms with Gasteiger partial charge in [-0.25, -0.2) is 8.78 Å². The first-order chi connectivity index (χ1) is 11.1. The molecular formula is C16H24F2IN3OS. The van der Waals surface area contributed by atoms with Crippen LogP contribution in [-0.2, 0) is 11.3 Å². The highest BCUT2D eigenvalue weighted by atomic mass is 127. The van der Waals surface area contributed by atoms with Crippen molar-refractivity contribution >= 4 is 41.7 Å². The van der Waals surface area contributed by atoms with Crippen molar-refractivity contribution in [2.24, 2.45) is 4.99 Å². The van der Waals surface area contributed by atoms with Gasteiger partial charge in [0.2, 0.25) is 0 Å². The molecule has 1 aliphatic heterocycles. The van der Waals surface area contributed by atoms with E-state index in [9.17, 15) is 8.78 Å². The maximum absolute atomic E-state index is 13.6. The Morgan fingerprint density at radius 1 is 1.29 bits per heavy atom. The normalized spacial score (nSPS) is 17.1. The lowest BCUT2D eigenvalue weighted by Crippen LogP contribution is -2.47. The van der Waals surface area contributed by atoms with Gasteiger partial charge in [0, 0.05) is 43.7 Å². The smallest absolute Gasteiger partial charge is 0.191 e. The second-order valence-corrected chi connectivity index (χ2v) is 6.79. The summed E-state index contributed by atoms with van der Waals surface area (Å²) in [4.78, 5) is 4.14. The highest BCUT2D eigenvalue weighted by Gasteiger charge is 2.31. The van der Waals surface area contributed by atoms with E-state index in [4.69, 9.17) is 4.74 Å². The van der Waals surface area contributed by atoms with Crippen molar-refractivity contribution in [1.29, 1.82) is 0 Å². The lowest BCUT2D eigenvalue weighted by Gasteiger charge is -2.36. The van der Waals surface area contributed by atoms with Gasteiger partial charge in [-0.05, 0) is 37.3 Å². The van der Waals surface area contributed by atoms with Crippen LogP contribution in [0.1, 0.15) is 18.4 Å². The largest absolute Gasteiger partial charge is 0.381 e. The topological polar surface area (TPSA) is 45.7 Å². The molecule has 1 aromatic carbocycles. The number of halogens is 3. The van der Waals surface area contributed by atoms with Crippen molar-refractivity contribution in [2.75, 3.05) is 33.1 Å². The molecule has 1 saturated heterocycles. The van der Waals surface area contributed by atoms with E-state index in [1.54, 1.807) is 7.05 Å². The van der Waals surface area contributed by atoms with Crippen LogP contribution in [0.15, 0.2) is 23.2 Å². The first kappa shape index (κ1) is 21.4. The van der Waals surface area contributed by atoms with Crippen LogP contribution in [0.25, 0.3) is 0 Å². The molecule has 0 spiro atoms. The predicted molar refractivity (Wildman–Crippen MR) is 106 cm³/mol. The van der Waals surface area contributed by atoms with E-state index in [1.807, 2.05) is 11.8 Å². The van der Waals surface area contributed by atoms with Gasteiger partial charge in [-0.15, -0.1) is 24.0 Å². The van der Waals surface area contributed by atoms with E-state index < -0.39 is 11.6 Å². The van der Waals surface area contributed by atoms with Crippen molar-refractivity contribution in [3.63, 3.8) is 0 Å². The monoisotopic (exact) mass is 471 g/mol. The summed E-state index contributed by atoms with van der Waals surface area (Å²) in [6, 6.07) is 3.43. The maximum atomic E-state index is 13.6. The molecule has 0 atom stereocenters. The van der Waals surface area contributed by atoms with Crippen LogP contribution < -0.4 is 10.6 Å². The van der Waals surface area contributed by atoms with Gasteiger partial charge in [-0.1, -0.05) is 0 Å². The molecule has 1 heterocycles. The average Bonchev–Trinajstić information content (AvgIpc) is 2.58. The molecular weight excluding hydrogens is 447 g/mol. The van der Waals surface area contributed by atoms with Crippen molar-refractivity contribution in [3.05, 3.63) is 35.4 Å². The molecule has 4 nitrogen and oxygen atoms in total. The van der Waals surface area contributed by atoms with Gasteiger partial charge in [0.1, 0.15) is 11.6 Å². The number of thioether (sulfide) groups is 1. The fraction of sp³-hybridized carbons (Fsp3) is 0.562. The van der Waals surface area contributed by atoms with Gasteiger partial charge in [-0.2, -0.15) is 11.8 Å². The van der Waals surface area contributed by atoms with Gasteiger partial charge in [0.25, 0.3) is 0 Å². The molecule has 1 aromatic rings. The molecule has 1 fully saturated rings. The van der Waals surface area contributed by atoms with Crippen molar-refractivity contribution in [2.45, 2.75) is 24.1 Å². The molecule has 0 radical (unpaired) electrons. The summed E-state index contributed by atoms with van der Waals surface area (Å²) in [5, 5.41) is 6.31. The zero-order valence-corrected chi connectivity index (χ0v) is 17.0. The first-order valence-corrected chi connectivity index (χ1v) is 8.82. The van der Waals surface area contributed by atoms with E-state index in [0.29, 0.717) is 5.96 Å². The van der Waals surface area contributed by atoms with Crippen molar-refractivity contribution in [3.8, 4) is 0 Å². The lowest BCUT2D eigenvalue weighted by atomic mass is 9.99. The highest BCUT2D eigenvalue weighted by molar-refractivity contribution is 14.0. The molecule has 8 heteroatoms. The van der Waals surface area contributed by atoms with Gasteiger partial charge < -0.3 is 15.4 Å². The van der Waals surface area contributed by atoms with Gasteiger partial charge in [0.05, 0.1) is 0 Å². The Balaban J connectivity index is 0.00000288. The molecule has 0 saturated carbocycles. The van der Waals surface area contributed by atoms with Crippen LogP contribution in [0.5, 0.6) is 0 Å². The average molecular weight is 471 g/mol. The Kier molecular flexibility index (Phi) is 9.28. The van der Waals surface area contributed by atoms with Crippen LogP contribution in [-0.4, -0.2) is 43.8 Å². The fourth-order valence-electron chi connectivity index (χ4n) is 2.52. The third-order valence-corrected chi connectivity index (χ3v) is 5.51. The summed E-state index contributed by atoms with van der Waals surface area (Å²) in [7, 11) is 1.66. The van der Waals surface area contributed by atoms with E-state index >= 15 is 0 Å². The molecule has 1 aliphatic rings. The first-order valence-electron chi connectivity index (χ1n) is 7.60. The Morgan fingerprint density at radius 3 is 2.62 bits per heavy atom. The van der Waals surface area contributed by atoms with E-state index in [0.717, 1.165) is 44.7 Å². The number of hydrogen-bond donors (Lipinski definition) is 2. The molecule has 0 aliphatic carbocycles. The Morgan fingerprint density at radius 2 is 2.00 bits per heavy atom. The fourth-order valence-corrected chi connectivity index (χ4v) is 3.31. The number of hydrogen-bond acceptors (Lipinski definition) is 3. The molecule has 0 amide bonds. The molecule has 2 N–H and O–H groups in total. The molecule has 24 heavy (non-hydrogen) atoms. The van der Waals surface area contributed by atoms with Crippen molar-refractivity contribution < 1.29 is 13.5 Å². The molecule has 0 aromatic heterocycles. The Bertz CT molecular complexity index is 554. The van der Waals surface area contributed by atoms with Crippen LogP contribution in [0.3, 0.4) is 0 Å². The van der Waals surface area contributed by atoms with Crippen LogP contribution >= 0.6 is 35.7 Å². The maximum Gasteiger partial charge on any atom is 0.191 e. The Hall–Kier alpha value is -0.610. The number of nitrogens with zero attached hydrogens (tertiary/aromatic N) is 1. The number of aliphatic imine (C=N–C) groups is 1. The summed E-state index contributed by atoms with van der Waals surface area (Å²) in [5.41, 5.74) is 0.276. The lowest BCUT2D eigenvalue weighted by molar-refractivity contribution is 0.0783. The van der Waals surface area contributed by atoms with Crippen LogP contribution in [0.2, 0.25) is 0 Å². The van der Waals surface area contributed by atoms with E-state index in [1.165, 1.54) is 6.07 Å². The standard InChI is InChI=1S/C16H23F2N3OS.HI/c1-19-15(20-10-12-9-13(17)3-4-14(12)18)21-11-16(23-2)5-7-22-8-6-16;/h3-4,9H,5-8,10-11H2,1-2H3,(H2,19,20,21);1H.